The lowest BCUT2D eigenvalue weighted by molar-refractivity contribution is 0.395. The third kappa shape index (κ3) is 3.08. The van der Waals surface area contributed by atoms with Crippen molar-refractivity contribution in [2.45, 2.75) is 6.54 Å². The molecule has 19 heavy (non-hydrogen) atoms. The molecule has 0 atom stereocenters. The summed E-state index contributed by atoms with van der Waals surface area (Å²) in [6.45, 7) is 0.147. The molecule has 6 heteroatoms. The van der Waals surface area contributed by atoms with Crippen molar-refractivity contribution in [2.24, 2.45) is 0 Å². The van der Waals surface area contributed by atoms with Crippen LogP contribution in [0.1, 0.15) is 5.56 Å². The smallest absolute Gasteiger partial charge is 0.187 e. The standard InChI is InChI=1S/C13H9Cl2F2NO/c14-8-2-1-3-11(12(8)15)18-6-7-4-9(16)13(19)10(17)5-7/h1-5,18-19H,6H2. The van der Waals surface area contributed by atoms with Gasteiger partial charge in [0.05, 0.1) is 15.7 Å². The fourth-order valence-electron chi connectivity index (χ4n) is 1.56. The van der Waals surface area contributed by atoms with E-state index in [1.54, 1.807) is 18.2 Å². The maximum Gasteiger partial charge on any atom is 0.187 e. The van der Waals surface area contributed by atoms with E-state index in [9.17, 15) is 8.78 Å². The maximum absolute atomic E-state index is 13.1. The Kier molecular flexibility index (Phi) is 4.12. The normalized spacial score (nSPS) is 10.5. The quantitative estimate of drug-likeness (QED) is 0.869. The number of phenols is 1. The summed E-state index contributed by atoms with van der Waals surface area (Å²) >= 11 is 11.8. The molecule has 0 radical (unpaired) electrons. The van der Waals surface area contributed by atoms with Crippen LogP contribution in [0.25, 0.3) is 0 Å². The second-order valence-corrected chi connectivity index (χ2v) is 4.65. The van der Waals surface area contributed by atoms with Crippen LogP contribution in [0.2, 0.25) is 10.0 Å². The summed E-state index contributed by atoms with van der Waals surface area (Å²) in [5.74, 6) is -2.99. The van der Waals surface area contributed by atoms with E-state index in [0.29, 0.717) is 21.3 Å². The van der Waals surface area contributed by atoms with Gasteiger partial charge in [-0.05, 0) is 29.8 Å². The number of rotatable bonds is 3. The Bertz CT molecular complexity index is 597. The molecule has 100 valence electrons. The average molecular weight is 304 g/mol. The van der Waals surface area contributed by atoms with Crippen molar-refractivity contribution in [2.75, 3.05) is 5.32 Å². The van der Waals surface area contributed by atoms with E-state index >= 15 is 0 Å². The first-order valence-corrected chi connectivity index (χ1v) is 6.09. The van der Waals surface area contributed by atoms with E-state index in [2.05, 4.69) is 5.32 Å². The second-order valence-electron chi connectivity index (χ2n) is 3.86. The van der Waals surface area contributed by atoms with Gasteiger partial charge in [0.1, 0.15) is 0 Å². The van der Waals surface area contributed by atoms with Crippen LogP contribution in [0, 0.1) is 11.6 Å². The van der Waals surface area contributed by atoms with Gasteiger partial charge in [0, 0.05) is 6.54 Å². The number of hydrogen-bond donors (Lipinski definition) is 2. The van der Waals surface area contributed by atoms with Gasteiger partial charge in [0.2, 0.25) is 0 Å². The Morgan fingerprint density at radius 2 is 1.74 bits per heavy atom. The topological polar surface area (TPSA) is 32.3 Å². The summed E-state index contributed by atoms with van der Waals surface area (Å²) in [6.07, 6.45) is 0. The number of aromatic hydroxyl groups is 1. The number of anilines is 1. The van der Waals surface area contributed by atoms with Gasteiger partial charge in [-0.25, -0.2) is 8.78 Å². The number of halogens is 4. The van der Waals surface area contributed by atoms with E-state index in [0.717, 1.165) is 12.1 Å². The van der Waals surface area contributed by atoms with Gasteiger partial charge in [-0.1, -0.05) is 29.3 Å². The lowest BCUT2D eigenvalue weighted by Gasteiger charge is -2.10. The molecule has 2 N–H and O–H groups in total. The molecule has 2 rings (SSSR count). The summed E-state index contributed by atoms with van der Waals surface area (Å²) < 4.78 is 26.3. The molecule has 2 aromatic carbocycles. The van der Waals surface area contributed by atoms with Crippen molar-refractivity contribution in [1.82, 2.24) is 0 Å². The number of benzene rings is 2. The van der Waals surface area contributed by atoms with Crippen LogP contribution in [0.3, 0.4) is 0 Å². The molecule has 0 aromatic heterocycles. The van der Waals surface area contributed by atoms with Crippen LogP contribution in [0.15, 0.2) is 30.3 Å². The predicted octanol–water partition coefficient (Wildman–Crippen LogP) is 4.59. The first kappa shape index (κ1) is 13.9. The van der Waals surface area contributed by atoms with Crippen molar-refractivity contribution in [1.29, 1.82) is 0 Å². The Morgan fingerprint density at radius 3 is 2.37 bits per heavy atom. The molecular weight excluding hydrogens is 295 g/mol. The van der Waals surface area contributed by atoms with Crippen molar-refractivity contribution in [3.63, 3.8) is 0 Å². The van der Waals surface area contributed by atoms with E-state index in [1.165, 1.54) is 0 Å². The van der Waals surface area contributed by atoms with Gasteiger partial charge in [-0.3, -0.25) is 0 Å². The summed E-state index contributed by atoms with van der Waals surface area (Å²) in [7, 11) is 0. The zero-order chi connectivity index (χ0) is 14.0. The highest BCUT2D eigenvalue weighted by molar-refractivity contribution is 6.43. The molecule has 0 bridgehead atoms. The van der Waals surface area contributed by atoms with Gasteiger partial charge >= 0.3 is 0 Å². The summed E-state index contributed by atoms with van der Waals surface area (Å²) in [5, 5.41) is 12.6. The van der Waals surface area contributed by atoms with Crippen molar-refractivity contribution in [3.8, 4) is 5.75 Å². The highest BCUT2D eigenvalue weighted by Crippen LogP contribution is 2.30. The number of nitrogens with one attached hydrogen (secondary N) is 1. The minimum Gasteiger partial charge on any atom is -0.503 e. The van der Waals surface area contributed by atoms with Crippen LogP contribution < -0.4 is 5.32 Å². The van der Waals surface area contributed by atoms with E-state index < -0.39 is 17.4 Å². The summed E-state index contributed by atoms with van der Waals surface area (Å²) in [5.41, 5.74) is 0.895. The highest BCUT2D eigenvalue weighted by Gasteiger charge is 2.10. The van der Waals surface area contributed by atoms with Gasteiger partial charge in [-0.2, -0.15) is 0 Å². The Labute approximate surface area is 118 Å². The van der Waals surface area contributed by atoms with Crippen LogP contribution in [-0.4, -0.2) is 5.11 Å². The molecule has 0 saturated carbocycles. The zero-order valence-corrected chi connectivity index (χ0v) is 11.1. The molecule has 0 heterocycles. The zero-order valence-electron chi connectivity index (χ0n) is 9.55. The first-order chi connectivity index (χ1) is 8.99. The molecule has 2 nitrogen and oxygen atoms in total. The third-order valence-electron chi connectivity index (χ3n) is 2.51. The Morgan fingerprint density at radius 1 is 1.11 bits per heavy atom. The monoisotopic (exact) mass is 303 g/mol. The van der Waals surface area contributed by atoms with Crippen molar-refractivity contribution < 1.29 is 13.9 Å². The van der Waals surface area contributed by atoms with Gasteiger partial charge in [-0.15, -0.1) is 0 Å². The Hall–Kier alpha value is -1.52. The number of hydrogen-bond acceptors (Lipinski definition) is 2. The largest absolute Gasteiger partial charge is 0.503 e. The van der Waals surface area contributed by atoms with Crippen molar-refractivity contribution >= 4 is 28.9 Å². The molecule has 0 unspecified atom stereocenters. The number of phenolic OH excluding ortho intramolecular Hbond substituents is 1. The van der Waals surface area contributed by atoms with Crippen molar-refractivity contribution in [3.05, 3.63) is 57.6 Å². The fourth-order valence-corrected chi connectivity index (χ4v) is 1.93. The molecular formula is C13H9Cl2F2NO. The molecule has 0 amide bonds. The van der Waals surface area contributed by atoms with Crippen LogP contribution >= 0.6 is 23.2 Å². The summed E-state index contributed by atoms with van der Waals surface area (Å²) in [4.78, 5) is 0. The molecule has 0 fully saturated rings. The SMILES string of the molecule is Oc1c(F)cc(CNc2cccc(Cl)c2Cl)cc1F. The Balaban J connectivity index is 2.17. The minimum atomic E-state index is -1.01. The molecule has 0 aliphatic carbocycles. The third-order valence-corrected chi connectivity index (χ3v) is 3.33. The van der Waals surface area contributed by atoms with E-state index in [4.69, 9.17) is 28.3 Å². The van der Waals surface area contributed by atoms with Crippen LogP contribution in [0.4, 0.5) is 14.5 Å². The maximum atomic E-state index is 13.1. The van der Waals surface area contributed by atoms with Crippen LogP contribution in [0.5, 0.6) is 5.75 Å². The molecule has 0 saturated heterocycles. The summed E-state index contributed by atoms with van der Waals surface area (Å²) in [6, 6.07) is 7.12. The first-order valence-electron chi connectivity index (χ1n) is 5.34. The fraction of sp³-hybridized carbons (Fsp3) is 0.0769. The lowest BCUT2D eigenvalue weighted by atomic mass is 10.2. The molecule has 0 aliphatic heterocycles. The molecule has 2 aromatic rings. The molecule has 0 aliphatic rings. The molecule has 0 spiro atoms. The van der Waals surface area contributed by atoms with E-state index in [-0.39, 0.29) is 6.54 Å². The predicted molar refractivity (Wildman–Crippen MR) is 71.8 cm³/mol. The highest BCUT2D eigenvalue weighted by atomic mass is 35.5. The minimum absolute atomic E-state index is 0.147. The van der Waals surface area contributed by atoms with Gasteiger partial charge < -0.3 is 10.4 Å². The average Bonchev–Trinajstić information content (AvgIpc) is 2.37. The van der Waals surface area contributed by atoms with E-state index in [1.807, 2.05) is 0 Å². The second kappa shape index (κ2) is 5.63. The van der Waals surface area contributed by atoms with Crippen LogP contribution in [-0.2, 0) is 6.54 Å². The van der Waals surface area contributed by atoms with Gasteiger partial charge in [0.15, 0.2) is 17.4 Å². The van der Waals surface area contributed by atoms with Gasteiger partial charge in [0.25, 0.3) is 0 Å². The lowest BCUT2D eigenvalue weighted by Crippen LogP contribution is -2.01.